The molecular weight excluding hydrogens is 383 g/mol. The standard InChI is InChI=1S/C19H23IN2/c1-15-3-7-17(8-4-15)19(18-9-5-16(2)6-10-18)21-11-13-22(20)14-12-21/h3-10,19H,11-14H2,1-2H3. The first-order valence-corrected chi connectivity index (χ1v) is 8.88. The van der Waals surface area contributed by atoms with Crippen LogP contribution >= 0.6 is 22.9 Å². The van der Waals surface area contributed by atoms with E-state index in [1.54, 1.807) is 0 Å². The summed E-state index contributed by atoms with van der Waals surface area (Å²) in [5.74, 6) is 0. The van der Waals surface area contributed by atoms with E-state index in [2.05, 4.69) is 93.3 Å². The van der Waals surface area contributed by atoms with Crippen molar-refractivity contribution in [2.24, 2.45) is 0 Å². The maximum Gasteiger partial charge on any atom is 0.0602 e. The van der Waals surface area contributed by atoms with Gasteiger partial charge in [-0.25, -0.2) is 3.11 Å². The molecule has 2 aromatic carbocycles. The van der Waals surface area contributed by atoms with Gasteiger partial charge in [-0.1, -0.05) is 59.7 Å². The molecule has 116 valence electrons. The molecule has 2 nitrogen and oxygen atoms in total. The zero-order chi connectivity index (χ0) is 15.5. The summed E-state index contributed by atoms with van der Waals surface area (Å²) in [5, 5.41) is 0. The highest BCUT2D eigenvalue weighted by Gasteiger charge is 2.25. The first kappa shape index (κ1) is 16.0. The molecule has 0 unspecified atom stereocenters. The van der Waals surface area contributed by atoms with E-state index in [1.165, 1.54) is 22.3 Å². The molecule has 0 spiro atoms. The Hall–Kier alpha value is -0.910. The van der Waals surface area contributed by atoms with Gasteiger partial charge in [-0.15, -0.1) is 0 Å². The second-order valence-electron chi connectivity index (χ2n) is 6.17. The van der Waals surface area contributed by atoms with Crippen LogP contribution in [0.1, 0.15) is 28.3 Å². The number of piperazine rings is 1. The fourth-order valence-electron chi connectivity index (χ4n) is 3.07. The highest BCUT2D eigenvalue weighted by Crippen LogP contribution is 2.30. The Balaban J connectivity index is 1.94. The molecule has 2 aromatic rings. The van der Waals surface area contributed by atoms with E-state index in [0.717, 1.165) is 26.2 Å². The minimum Gasteiger partial charge on any atom is -0.290 e. The number of hydrogen-bond acceptors (Lipinski definition) is 2. The first-order chi connectivity index (χ1) is 10.6. The minimum atomic E-state index is 0.367. The molecule has 3 rings (SSSR count). The number of hydrogen-bond donors (Lipinski definition) is 0. The topological polar surface area (TPSA) is 6.48 Å². The van der Waals surface area contributed by atoms with Crippen LogP contribution in [-0.4, -0.2) is 34.2 Å². The molecule has 0 saturated carbocycles. The van der Waals surface area contributed by atoms with Crippen molar-refractivity contribution in [1.29, 1.82) is 0 Å². The SMILES string of the molecule is Cc1ccc(C(c2ccc(C)cc2)N2CCN(I)CC2)cc1. The van der Waals surface area contributed by atoms with Crippen LogP contribution in [0.15, 0.2) is 48.5 Å². The van der Waals surface area contributed by atoms with Gasteiger partial charge in [-0.3, -0.25) is 4.90 Å². The Bertz CT molecular complexity index is 553. The Morgan fingerprint density at radius 3 is 1.55 bits per heavy atom. The lowest BCUT2D eigenvalue weighted by Crippen LogP contribution is -2.44. The lowest BCUT2D eigenvalue weighted by Gasteiger charge is -2.37. The second kappa shape index (κ2) is 7.11. The van der Waals surface area contributed by atoms with E-state index in [0.29, 0.717) is 6.04 Å². The second-order valence-corrected chi connectivity index (χ2v) is 7.53. The Kier molecular flexibility index (Phi) is 5.16. The van der Waals surface area contributed by atoms with E-state index >= 15 is 0 Å². The van der Waals surface area contributed by atoms with Gasteiger partial charge in [0, 0.05) is 49.0 Å². The molecule has 0 N–H and O–H groups in total. The summed E-state index contributed by atoms with van der Waals surface area (Å²) in [4.78, 5) is 2.62. The van der Waals surface area contributed by atoms with Crippen LogP contribution in [0, 0.1) is 13.8 Å². The van der Waals surface area contributed by atoms with E-state index < -0.39 is 0 Å². The molecule has 3 heteroatoms. The fourth-order valence-corrected chi connectivity index (χ4v) is 3.50. The maximum absolute atomic E-state index is 2.62. The summed E-state index contributed by atoms with van der Waals surface area (Å²) in [6.45, 7) is 8.81. The van der Waals surface area contributed by atoms with E-state index in [4.69, 9.17) is 0 Å². The lowest BCUT2D eigenvalue weighted by atomic mass is 9.95. The van der Waals surface area contributed by atoms with Crippen molar-refractivity contribution in [2.75, 3.05) is 26.2 Å². The zero-order valence-corrected chi connectivity index (χ0v) is 15.5. The van der Waals surface area contributed by atoms with Gasteiger partial charge in [0.15, 0.2) is 0 Å². The van der Waals surface area contributed by atoms with Gasteiger partial charge in [0.25, 0.3) is 0 Å². The van der Waals surface area contributed by atoms with Crippen molar-refractivity contribution in [3.05, 3.63) is 70.8 Å². The molecule has 1 heterocycles. The average molecular weight is 406 g/mol. The van der Waals surface area contributed by atoms with Crippen molar-refractivity contribution in [1.82, 2.24) is 8.01 Å². The van der Waals surface area contributed by atoms with Gasteiger partial charge in [0.05, 0.1) is 6.04 Å². The number of nitrogens with zero attached hydrogens (tertiary/aromatic N) is 2. The third-order valence-corrected chi connectivity index (χ3v) is 5.38. The molecule has 1 saturated heterocycles. The Labute approximate surface area is 147 Å². The average Bonchev–Trinajstić information content (AvgIpc) is 2.53. The quantitative estimate of drug-likeness (QED) is 0.552. The van der Waals surface area contributed by atoms with Crippen LogP contribution in [0.4, 0.5) is 0 Å². The van der Waals surface area contributed by atoms with Gasteiger partial charge in [-0.05, 0) is 25.0 Å². The van der Waals surface area contributed by atoms with E-state index in [1.807, 2.05) is 0 Å². The molecule has 1 aliphatic heterocycles. The van der Waals surface area contributed by atoms with Crippen LogP contribution in [0.25, 0.3) is 0 Å². The van der Waals surface area contributed by atoms with Crippen molar-refractivity contribution in [3.63, 3.8) is 0 Å². The van der Waals surface area contributed by atoms with Crippen LogP contribution < -0.4 is 0 Å². The van der Waals surface area contributed by atoms with Gasteiger partial charge in [0.1, 0.15) is 0 Å². The number of benzene rings is 2. The summed E-state index contributed by atoms with van der Waals surface area (Å²) in [5.41, 5.74) is 5.44. The molecule has 22 heavy (non-hydrogen) atoms. The third kappa shape index (κ3) is 3.70. The van der Waals surface area contributed by atoms with Gasteiger partial charge in [-0.2, -0.15) is 0 Å². The molecule has 0 bridgehead atoms. The van der Waals surface area contributed by atoms with Crippen molar-refractivity contribution in [2.45, 2.75) is 19.9 Å². The number of rotatable bonds is 3. The highest BCUT2D eigenvalue weighted by molar-refractivity contribution is 14.1. The zero-order valence-electron chi connectivity index (χ0n) is 13.3. The molecule has 0 aliphatic carbocycles. The molecule has 1 fully saturated rings. The van der Waals surface area contributed by atoms with Crippen LogP contribution in [0.3, 0.4) is 0 Å². The molecular formula is C19H23IN2. The predicted molar refractivity (Wildman–Crippen MR) is 101 cm³/mol. The number of aryl methyl sites for hydroxylation is 2. The van der Waals surface area contributed by atoms with E-state index in [-0.39, 0.29) is 0 Å². The molecule has 1 aliphatic rings. The maximum atomic E-state index is 2.62. The van der Waals surface area contributed by atoms with Crippen LogP contribution in [0.5, 0.6) is 0 Å². The van der Waals surface area contributed by atoms with E-state index in [9.17, 15) is 0 Å². The third-order valence-electron chi connectivity index (χ3n) is 4.41. The summed E-state index contributed by atoms with van der Waals surface area (Å²) < 4.78 is 2.38. The van der Waals surface area contributed by atoms with Gasteiger partial charge >= 0.3 is 0 Å². The smallest absolute Gasteiger partial charge is 0.0602 e. The Morgan fingerprint density at radius 2 is 1.14 bits per heavy atom. The first-order valence-electron chi connectivity index (χ1n) is 7.91. The summed E-state index contributed by atoms with van der Waals surface area (Å²) in [6.07, 6.45) is 0. The fraction of sp³-hybridized carbons (Fsp3) is 0.368. The summed E-state index contributed by atoms with van der Waals surface area (Å²) in [7, 11) is 0. The van der Waals surface area contributed by atoms with Crippen LogP contribution in [0.2, 0.25) is 0 Å². The predicted octanol–water partition coefficient (Wildman–Crippen LogP) is 4.36. The molecule has 0 aromatic heterocycles. The normalized spacial score (nSPS) is 17.1. The molecule has 0 radical (unpaired) electrons. The van der Waals surface area contributed by atoms with Crippen molar-refractivity contribution >= 4 is 22.9 Å². The summed E-state index contributed by atoms with van der Waals surface area (Å²) in [6, 6.07) is 18.4. The van der Waals surface area contributed by atoms with Gasteiger partial charge < -0.3 is 0 Å². The molecule has 0 atom stereocenters. The highest BCUT2D eigenvalue weighted by atomic mass is 127. The number of halogens is 1. The van der Waals surface area contributed by atoms with Gasteiger partial charge in [0.2, 0.25) is 0 Å². The Morgan fingerprint density at radius 1 is 0.727 bits per heavy atom. The van der Waals surface area contributed by atoms with Crippen molar-refractivity contribution in [3.8, 4) is 0 Å². The van der Waals surface area contributed by atoms with Crippen LogP contribution in [-0.2, 0) is 0 Å². The van der Waals surface area contributed by atoms with Crippen molar-refractivity contribution < 1.29 is 0 Å². The lowest BCUT2D eigenvalue weighted by molar-refractivity contribution is 0.169. The monoisotopic (exact) mass is 406 g/mol. The largest absolute Gasteiger partial charge is 0.290 e. The minimum absolute atomic E-state index is 0.367. The molecule has 0 amide bonds. The summed E-state index contributed by atoms with van der Waals surface area (Å²) >= 11 is 2.43.